The van der Waals surface area contributed by atoms with E-state index in [1.807, 2.05) is 6.07 Å². The molecule has 7 heteroatoms. The summed E-state index contributed by atoms with van der Waals surface area (Å²) in [5.41, 5.74) is 0.704. The molecule has 1 fully saturated rings. The molecule has 2 N–H and O–H groups in total. The third kappa shape index (κ3) is 4.26. The van der Waals surface area contributed by atoms with Crippen molar-refractivity contribution in [1.82, 2.24) is 9.62 Å². The highest BCUT2D eigenvalue weighted by molar-refractivity contribution is 7.88. The van der Waals surface area contributed by atoms with Gasteiger partial charge in [0.1, 0.15) is 6.04 Å². The van der Waals surface area contributed by atoms with Gasteiger partial charge in [0.2, 0.25) is 10.0 Å². The Hall–Kier alpha value is -1.44. The van der Waals surface area contributed by atoms with Crippen LogP contribution in [-0.2, 0) is 14.8 Å². The summed E-state index contributed by atoms with van der Waals surface area (Å²) in [6.07, 6.45) is 2.43. The third-order valence-corrected chi connectivity index (χ3v) is 5.01. The summed E-state index contributed by atoms with van der Waals surface area (Å²) in [5, 5.41) is 12.5. The lowest BCUT2D eigenvalue weighted by Crippen LogP contribution is -2.46. The number of hydrogen-bond acceptors (Lipinski definition) is 4. The van der Waals surface area contributed by atoms with Gasteiger partial charge in [-0.3, -0.25) is 10.1 Å². The van der Waals surface area contributed by atoms with Crippen molar-refractivity contribution in [3.8, 4) is 0 Å². The Morgan fingerprint density at radius 3 is 2.33 bits per heavy atom. The highest BCUT2D eigenvalue weighted by atomic mass is 32.2. The van der Waals surface area contributed by atoms with Crippen LogP contribution in [0.1, 0.15) is 24.4 Å². The lowest BCUT2D eigenvalue weighted by Gasteiger charge is -2.32. The quantitative estimate of drug-likeness (QED) is 0.841. The fourth-order valence-electron chi connectivity index (χ4n) is 2.55. The molecule has 0 saturated carbocycles. The fourth-order valence-corrected chi connectivity index (χ4v) is 3.42. The Morgan fingerprint density at radius 1 is 1.29 bits per heavy atom. The predicted octanol–water partition coefficient (Wildman–Crippen LogP) is 0.826. The second kappa shape index (κ2) is 6.55. The summed E-state index contributed by atoms with van der Waals surface area (Å²) in [5.74, 6) is -0.924. The topological polar surface area (TPSA) is 86.7 Å². The second-order valence-electron chi connectivity index (χ2n) is 5.28. The summed E-state index contributed by atoms with van der Waals surface area (Å²) in [6, 6.07) is 8.24. The Labute approximate surface area is 124 Å². The molecule has 21 heavy (non-hydrogen) atoms. The SMILES string of the molecule is CS(=O)(=O)N1CCC(NC(C(=O)O)c2ccccc2)CC1. The molecule has 0 bridgehead atoms. The van der Waals surface area contributed by atoms with Gasteiger partial charge in [0.25, 0.3) is 0 Å². The largest absolute Gasteiger partial charge is 0.480 e. The van der Waals surface area contributed by atoms with E-state index in [0.717, 1.165) is 0 Å². The molecule has 1 atom stereocenters. The minimum Gasteiger partial charge on any atom is -0.480 e. The zero-order valence-electron chi connectivity index (χ0n) is 11.9. The highest BCUT2D eigenvalue weighted by Gasteiger charge is 2.28. The smallest absolute Gasteiger partial charge is 0.325 e. The van der Waals surface area contributed by atoms with E-state index < -0.39 is 22.0 Å². The van der Waals surface area contributed by atoms with Gasteiger partial charge in [-0.2, -0.15) is 0 Å². The molecule has 0 spiro atoms. The number of hydrogen-bond donors (Lipinski definition) is 2. The van der Waals surface area contributed by atoms with Crippen molar-refractivity contribution in [2.24, 2.45) is 0 Å². The van der Waals surface area contributed by atoms with Gasteiger partial charge in [0.15, 0.2) is 0 Å². The normalized spacial score (nSPS) is 19.3. The third-order valence-electron chi connectivity index (χ3n) is 3.71. The fraction of sp³-hybridized carbons (Fsp3) is 0.500. The van der Waals surface area contributed by atoms with E-state index in [0.29, 0.717) is 31.5 Å². The van der Waals surface area contributed by atoms with Crippen LogP contribution in [0.3, 0.4) is 0 Å². The van der Waals surface area contributed by atoms with E-state index in [1.165, 1.54) is 10.6 Å². The van der Waals surface area contributed by atoms with Crippen LogP contribution in [0.5, 0.6) is 0 Å². The number of aliphatic carboxylic acids is 1. The summed E-state index contributed by atoms with van der Waals surface area (Å²) in [6.45, 7) is 0.856. The maximum atomic E-state index is 11.5. The maximum Gasteiger partial charge on any atom is 0.325 e. The van der Waals surface area contributed by atoms with Crippen molar-refractivity contribution in [2.75, 3.05) is 19.3 Å². The Balaban J connectivity index is 1.99. The molecule has 2 rings (SSSR count). The molecule has 1 aromatic carbocycles. The van der Waals surface area contributed by atoms with Crippen molar-refractivity contribution in [3.05, 3.63) is 35.9 Å². The van der Waals surface area contributed by atoms with Crippen molar-refractivity contribution in [1.29, 1.82) is 0 Å². The number of carboxylic acids is 1. The molecule has 116 valence electrons. The van der Waals surface area contributed by atoms with Gasteiger partial charge < -0.3 is 5.11 Å². The summed E-state index contributed by atoms with van der Waals surface area (Å²) >= 11 is 0. The van der Waals surface area contributed by atoms with Gasteiger partial charge in [-0.25, -0.2) is 12.7 Å². The molecule has 1 aliphatic heterocycles. The van der Waals surface area contributed by atoms with E-state index >= 15 is 0 Å². The van der Waals surface area contributed by atoms with Crippen LogP contribution in [0.15, 0.2) is 30.3 Å². The molecule has 0 aliphatic carbocycles. The van der Waals surface area contributed by atoms with E-state index in [2.05, 4.69) is 5.32 Å². The molecule has 1 heterocycles. The average Bonchev–Trinajstić information content (AvgIpc) is 2.45. The number of carbonyl (C=O) groups is 1. The predicted molar refractivity (Wildman–Crippen MR) is 79.4 cm³/mol. The van der Waals surface area contributed by atoms with Crippen LogP contribution < -0.4 is 5.32 Å². The lowest BCUT2D eigenvalue weighted by atomic mass is 10.0. The summed E-state index contributed by atoms with van der Waals surface area (Å²) < 4.78 is 24.3. The van der Waals surface area contributed by atoms with E-state index in [1.54, 1.807) is 24.3 Å². The van der Waals surface area contributed by atoms with Gasteiger partial charge in [0, 0.05) is 19.1 Å². The molecule has 0 radical (unpaired) electrons. The van der Waals surface area contributed by atoms with E-state index in [9.17, 15) is 18.3 Å². The number of nitrogens with zero attached hydrogens (tertiary/aromatic N) is 1. The minimum atomic E-state index is -3.16. The second-order valence-corrected chi connectivity index (χ2v) is 7.27. The molecule has 0 amide bonds. The standard InChI is InChI=1S/C14H20N2O4S/c1-21(19,20)16-9-7-12(8-10-16)15-13(14(17)18)11-5-3-2-4-6-11/h2-6,12-13,15H,7-10H2,1H3,(H,17,18). The first kappa shape index (κ1) is 15.9. The molecular formula is C14H20N2O4S. The Kier molecular flexibility index (Phi) is 4.97. The lowest BCUT2D eigenvalue weighted by molar-refractivity contribution is -0.140. The van der Waals surface area contributed by atoms with Crippen LogP contribution in [0.25, 0.3) is 0 Å². The first-order valence-corrected chi connectivity index (χ1v) is 8.71. The minimum absolute atomic E-state index is 0.00399. The molecule has 1 saturated heterocycles. The maximum absolute atomic E-state index is 11.5. The molecular weight excluding hydrogens is 292 g/mol. The molecule has 1 aromatic rings. The van der Waals surface area contributed by atoms with E-state index in [4.69, 9.17) is 0 Å². The van der Waals surface area contributed by atoms with Crippen LogP contribution in [0.4, 0.5) is 0 Å². The first-order valence-electron chi connectivity index (χ1n) is 6.87. The highest BCUT2D eigenvalue weighted by Crippen LogP contribution is 2.19. The average molecular weight is 312 g/mol. The monoisotopic (exact) mass is 312 g/mol. The van der Waals surface area contributed by atoms with Crippen LogP contribution in [0.2, 0.25) is 0 Å². The van der Waals surface area contributed by atoms with Gasteiger partial charge in [-0.1, -0.05) is 30.3 Å². The van der Waals surface area contributed by atoms with Crippen LogP contribution >= 0.6 is 0 Å². The van der Waals surface area contributed by atoms with Crippen molar-refractivity contribution >= 4 is 16.0 Å². The number of carboxylic acid groups (broad SMARTS) is 1. The summed E-state index contributed by atoms with van der Waals surface area (Å²) in [7, 11) is -3.16. The molecule has 1 aliphatic rings. The van der Waals surface area contributed by atoms with Gasteiger partial charge in [0.05, 0.1) is 6.26 Å². The zero-order valence-corrected chi connectivity index (χ0v) is 12.7. The number of sulfonamides is 1. The van der Waals surface area contributed by atoms with Crippen LogP contribution in [0, 0.1) is 0 Å². The Morgan fingerprint density at radius 2 is 1.86 bits per heavy atom. The Bertz CT molecular complexity index is 580. The van der Waals surface area contributed by atoms with Gasteiger partial charge in [-0.05, 0) is 18.4 Å². The number of benzene rings is 1. The zero-order chi connectivity index (χ0) is 15.5. The molecule has 6 nitrogen and oxygen atoms in total. The molecule has 0 aromatic heterocycles. The van der Waals surface area contributed by atoms with Gasteiger partial charge in [-0.15, -0.1) is 0 Å². The van der Waals surface area contributed by atoms with Crippen molar-refractivity contribution in [2.45, 2.75) is 24.9 Å². The van der Waals surface area contributed by atoms with Gasteiger partial charge >= 0.3 is 5.97 Å². The number of piperidine rings is 1. The van der Waals surface area contributed by atoms with Crippen LogP contribution in [-0.4, -0.2) is 49.2 Å². The molecule has 1 unspecified atom stereocenters. The first-order chi connectivity index (χ1) is 9.88. The van der Waals surface area contributed by atoms with Crippen molar-refractivity contribution in [3.63, 3.8) is 0 Å². The van der Waals surface area contributed by atoms with Crippen molar-refractivity contribution < 1.29 is 18.3 Å². The van der Waals surface area contributed by atoms with E-state index in [-0.39, 0.29) is 6.04 Å². The number of rotatable bonds is 5. The number of nitrogens with one attached hydrogen (secondary N) is 1. The summed E-state index contributed by atoms with van der Waals surface area (Å²) in [4.78, 5) is 11.4.